The Morgan fingerprint density at radius 1 is 1.07 bits per heavy atom. The number of rotatable bonds is 5. The molecule has 0 spiro atoms. The predicted octanol–water partition coefficient (Wildman–Crippen LogP) is 1.19. The van der Waals surface area contributed by atoms with Gasteiger partial charge in [0.05, 0.1) is 36.4 Å². The lowest BCUT2D eigenvalue weighted by atomic mass is 10.0. The van der Waals surface area contributed by atoms with Gasteiger partial charge in [0.25, 0.3) is 17.5 Å². The van der Waals surface area contributed by atoms with Crippen LogP contribution >= 0.6 is 0 Å². The molecule has 148 valence electrons. The van der Waals surface area contributed by atoms with Gasteiger partial charge in [-0.2, -0.15) is 0 Å². The van der Waals surface area contributed by atoms with Crippen molar-refractivity contribution in [2.24, 2.45) is 0 Å². The number of hydrogen-bond acceptors (Lipinski definition) is 7. The van der Waals surface area contributed by atoms with Crippen molar-refractivity contribution < 1.29 is 24.0 Å². The Balaban J connectivity index is 1.70. The Morgan fingerprint density at radius 3 is 2.39 bits per heavy atom. The highest BCUT2D eigenvalue weighted by Gasteiger charge is 2.43. The Bertz CT molecular complexity index is 823. The third-order valence-electron chi connectivity index (χ3n) is 5.25. The van der Waals surface area contributed by atoms with Crippen LogP contribution in [-0.4, -0.2) is 72.1 Å². The number of nitro benzene ring substituents is 1. The van der Waals surface area contributed by atoms with Crippen LogP contribution in [0.5, 0.6) is 0 Å². The maximum Gasteiger partial charge on any atom is 0.277 e. The molecule has 0 aromatic heterocycles. The number of amides is 2. The second-order valence-electron chi connectivity index (χ2n) is 6.98. The second-order valence-corrected chi connectivity index (χ2v) is 6.98. The average molecular weight is 387 g/mol. The molecule has 3 aliphatic heterocycles. The number of carbonyl (C=O) groups excluding carboxylic acids is 2. The molecule has 2 amide bonds. The summed E-state index contributed by atoms with van der Waals surface area (Å²) < 4.78 is 11.0. The number of nitro groups is 1. The first-order valence-electron chi connectivity index (χ1n) is 9.36. The van der Waals surface area contributed by atoms with Crippen molar-refractivity contribution in [1.82, 2.24) is 9.80 Å². The first kappa shape index (κ1) is 18.6. The quantitative estimate of drug-likeness (QED) is 0.425. The van der Waals surface area contributed by atoms with Crippen LogP contribution in [0.1, 0.15) is 18.4 Å². The van der Waals surface area contributed by atoms with Gasteiger partial charge in [0.2, 0.25) is 0 Å². The lowest BCUT2D eigenvalue weighted by Gasteiger charge is -2.29. The van der Waals surface area contributed by atoms with Crippen molar-refractivity contribution in [3.63, 3.8) is 0 Å². The van der Waals surface area contributed by atoms with Crippen molar-refractivity contribution in [2.45, 2.75) is 18.9 Å². The molecule has 1 atom stereocenters. The fraction of sp³-hybridized carbons (Fsp3) is 0.474. The van der Waals surface area contributed by atoms with E-state index >= 15 is 0 Å². The topological polar surface area (TPSA) is 102 Å². The van der Waals surface area contributed by atoms with Crippen molar-refractivity contribution in [3.8, 4) is 0 Å². The summed E-state index contributed by atoms with van der Waals surface area (Å²) in [6, 6.07) is 5.74. The average Bonchev–Trinajstić information content (AvgIpc) is 3.31. The van der Waals surface area contributed by atoms with Gasteiger partial charge in [0.15, 0.2) is 0 Å². The Labute approximate surface area is 161 Å². The molecule has 9 nitrogen and oxygen atoms in total. The molecule has 1 aromatic rings. The van der Waals surface area contributed by atoms with Crippen LogP contribution in [0.4, 0.5) is 5.69 Å². The number of nitrogens with zero attached hydrogens (tertiary/aromatic N) is 3. The summed E-state index contributed by atoms with van der Waals surface area (Å²) in [5.74, 6) is -0.716. The van der Waals surface area contributed by atoms with Crippen molar-refractivity contribution in [3.05, 3.63) is 45.6 Å². The highest BCUT2D eigenvalue weighted by atomic mass is 16.6. The van der Waals surface area contributed by atoms with E-state index < -0.39 is 4.92 Å². The van der Waals surface area contributed by atoms with Gasteiger partial charge in [-0.15, -0.1) is 0 Å². The molecular weight excluding hydrogens is 366 g/mol. The molecule has 0 radical (unpaired) electrons. The molecule has 28 heavy (non-hydrogen) atoms. The number of non-ortho nitro benzene ring substituents is 1. The largest absolute Gasteiger partial charge is 0.378 e. The predicted molar refractivity (Wildman–Crippen MR) is 98.1 cm³/mol. The number of imide groups is 1. The molecule has 0 saturated carbocycles. The van der Waals surface area contributed by atoms with E-state index in [4.69, 9.17) is 9.47 Å². The summed E-state index contributed by atoms with van der Waals surface area (Å²) in [6.45, 7) is 2.84. The van der Waals surface area contributed by atoms with Gasteiger partial charge < -0.3 is 14.4 Å². The zero-order chi connectivity index (χ0) is 19.7. The van der Waals surface area contributed by atoms with E-state index in [0.29, 0.717) is 49.7 Å². The molecule has 1 unspecified atom stereocenters. The molecule has 0 N–H and O–H groups in total. The smallest absolute Gasteiger partial charge is 0.277 e. The van der Waals surface area contributed by atoms with Crippen LogP contribution in [0.15, 0.2) is 30.0 Å². The Kier molecular flexibility index (Phi) is 5.10. The van der Waals surface area contributed by atoms with E-state index in [1.54, 1.807) is 0 Å². The molecule has 2 saturated heterocycles. The molecule has 3 heterocycles. The van der Waals surface area contributed by atoms with Crippen molar-refractivity contribution in [1.29, 1.82) is 0 Å². The van der Waals surface area contributed by atoms with Gasteiger partial charge in [0.1, 0.15) is 5.70 Å². The summed E-state index contributed by atoms with van der Waals surface area (Å²) in [6.07, 6.45) is 1.59. The summed E-state index contributed by atoms with van der Waals surface area (Å²) in [7, 11) is 0. The van der Waals surface area contributed by atoms with Gasteiger partial charge >= 0.3 is 0 Å². The minimum atomic E-state index is -0.494. The zero-order valence-corrected chi connectivity index (χ0v) is 15.3. The number of benzene rings is 1. The molecule has 0 bridgehead atoms. The number of ether oxygens (including phenoxy) is 2. The lowest BCUT2D eigenvalue weighted by molar-refractivity contribution is -0.384. The minimum Gasteiger partial charge on any atom is -0.378 e. The fourth-order valence-corrected chi connectivity index (χ4v) is 3.81. The minimum absolute atomic E-state index is 0.0646. The van der Waals surface area contributed by atoms with E-state index in [0.717, 1.165) is 12.8 Å². The summed E-state index contributed by atoms with van der Waals surface area (Å²) in [5, 5.41) is 10.9. The molecule has 0 aliphatic carbocycles. The fourth-order valence-electron chi connectivity index (χ4n) is 3.81. The molecule has 9 heteroatoms. The third kappa shape index (κ3) is 3.38. The molecule has 2 fully saturated rings. The normalized spacial score (nSPS) is 23.1. The summed E-state index contributed by atoms with van der Waals surface area (Å²) in [4.78, 5) is 39.9. The van der Waals surface area contributed by atoms with E-state index in [1.165, 1.54) is 29.2 Å². The lowest BCUT2D eigenvalue weighted by Crippen LogP contribution is -2.42. The van der Waals surface area contributed by atoms with E-state index in [2.05, 4.69) is 0 Å². The SMILES string of the molecule is O=C1C(c2ccc([N+](=O)[O-])cc2)=C(N2CCOCC2)C(=O)N1CC1CCCO1. The van der Waals surface area contributed by atoms with E-state index in [9.17, 15) is 19.7 Å². The molecular formula is C19H21N3O6. The molecule has 4 rings (SSSR count). The number of carbonyl (C=O) groups is 2. The van der Waals surface area contributed by atoms with Crippen LogP contribution in [0.25, 0.3) is 5.57 Å². The summed E-state index contributed by atoms with van der Waals surface area (Å²) in [5.41, 5.74) is 1.07. The zero-order valence-electron chi connectivity index (χ0n) is 15.3. The highest BCUT2D eigenvalue weighted by Crippen LogP contribution is 2.33. The molecule has 3 aliphatic rings. The van der Waals surface area contributed by atoms with Crippen LogP contribution in [-0.2, 0) is 19.1 Å². The first-order chi connectivity index (χ1) is 13.6. The Morgan fingerprint density at radius 2 is 1.79 bits per heavy atom. The van der Waals surface area contributed by atoms with E-state index in [1.807, 2.05) is 4.90 Å². The molecule has 1 aromatic carbocycles. The van der Waals surface area contributed by atoms with Crippen molar-refractivity contribution in [2.75, 3.05) is 39.5 Å². The second kappa shape index (κ2) is 7.69. The Hall–Kier alpha value is -2.78. The van der Waals surface area contributed by atoms with Crippen LogP contribution < -0.4 is 0 Å². The summed E-state index contributed by atoms with van der Waals surface area (Å²) >= 11 is 0. The van der Waals surface area contributed by atoms with Crippen LogP contribution in [0, 0.1) is 10.1 Å². The van der Waals surface area contributed by atoms with Crippen LogP contribution in [0.2, 0.25) is 0 Å². The van der Waals surface area contributed by atoms with Gasteiger partial charge in [-0.25, -0.2) is 0 Å². The number of hydrogen-bond donors (Lipinski definition) is 0. The van der Waals surface area contributed by atoms with Gasteiger partial charge in [-0.1, -0.05) is 0 Å². The van der Waals surface area contributed by atoms with Crippen LogP contribution in [0.3, 0.4) is 0 Å². The number of morpholine rings is 1. The van der Waals surface area contributed by atoms with Crippen molar-refractivity contribution >= 4 is 23.1 Å². The maximum absolute atomic E-state index is 13.2. The van der Waals surface area contributed by atoms with Gasteiger partial charge in [-0.3, -0.25) is 24.6 Å². The third-order valence-corrected chi connectivity index (χ3v) is 5.25. The highest BCUT2D eigenvalue weighted by molar-refractivity contribution is 6.35. The maximum atomic E-state index is 13.2. The van der Waals surface area contributed by atoms with Gasteiger partial charge in [-0.05, 0) is 30.5 Å². The standard InChI is InChI=1S/C19H21N3O6/c23-18-16(13-3-5-14(6-4-13)22(25)26)17(20-7-10-27-11-8-20)19(24)21(18)12-15-2-1-9-28-15/h3-6,15H,1-2,7-12H2. The van der Waals surface area contributed by atoms with Gasteiger partial charge in [0, 0.05) is 31.8 Å². The first-order valence-corrected chi connectivity index (χ1v) is 9.36. The van der Waals surface area contributed by atoms with E-state index in [-0.39, 0.29) is 30.2 Å². The monoisotopic (exact) mass is 387 g/mol.